The first-order valence-electron chi connectivity index (χ1n) is 16.4. The van der Waals surface area contributed by atoms with Crippen LogP contribution in [0.15, 0.2) is 121 Å². The molecule has 0 aromatic heterocycles. The summed E-state index contributed by atoms with van der Waals surface area (Å²) in [7, 11) is 1.50. The molecule has 1 saturated carbocycles. The van der Waals surface area contributed by atoms with E-state index in [1.807, 2.05) is 66.7 Å². The van der Waals surface area contributed by atoms with Gasteiger partial charge in [0.1, 0.15) is 11.5 Å². The summed E-state index contributed by atoms with van der Waals surface area (Å²) in [5.74, 6) is -4.41. The monoisotopic (exact) mass is 669 g/mol. The molecule has 244 valence electrons. The number of fused-ring (bicyclic) bond motifs is 4. The smallest absolute Gasteiger partial charge is 0.238 e. The molecule has 1 saturated heterocycles. The number of rotatable bonds is 5. The standard InChI is InChI=1S/C41H32ClNO6/c1-49-27-16-17-29(34(44)20-27)37-28-18-19-30-36(40(48)43(39(30)47)26-14-12-25(42)13-15-26)32(28)21-33-38(46)31(23-8-4-2-5-9-23)22-35(45)41(33,37)24-10-6-3-7-11-24/h2-18,20,22,30,32-33,36-37,44H,19,21H2,1H3. The van der Waals surface area contributed by atoms with Crippen molar-refractivity contribution in [1.29, 1.82) is 0 Å². The molecule has 2 amide bonds. The second kappa shape index (κ2) is 11.7. The Morgan fingerprint density at radius 1 is 0.837 bits per heavy atom. The quantitative estimate of drug-likeness (QED) is 0.180. The van der Waals surface area contributed by atoms with Crippen molar-refractivity contribution in [3.05, 3.63) is 143 Å². The van der Waals surface area contributed by atoms with Crippen LogP contribution in [0.3, 0.4) is 0 Å². The number of benzene rings is 4. The Morgan fingerprint density at radius 2 is 1.53 bits per heavy atom. The Morgan fingerprint density at radius 3 is 2.20 bits per heavy atom. The van der Waals surface area contributed by atoms with Crippen LogP contribution >= 0.6 is 11.6 Å². The number of halogens is 1. The first kappa shape index (κ1) is 31.0. The van der Waals surface area contributed by atoms with E-state index in [2.05, 4.69) is 0 Å². The maximum absolute atomic E-state index is 15.1. The SMILES string of the molecule is COc1ccc(C2C3=CCC4C(=O)N(c5ccc(Cl)cc5)C(=O)C4C3CC3C(=O)C(c4ccccc4)=CC(=O)C32c2ccccc2)c(O)c1. The number of nitrogens with zero attached hydrogens (tertiary/aromatic N) is 1. The summed E-state index contributed by atoms with van der Waals surface area (Å²) in [5, 5.41) is 12.1. The molecule has 6 atom stereocenters. The molecule has 4 aliphatic rings. The lowest BCUT2D eigenvalue weighted by Gasteiger charge is -2.55. The molecule has 2 fully saturated rings. The summed E-state index contributed by atoms with van der Waals surface area (Å²) >= 11 is 6.13. The molecular formula is C41H32ClNO6. The van der Waals surface area contributed by atoms with Crippen molar-refractivity contribution < 1.29 is 29.0 Å². The first-order chi connectivity index (χ1) is 23.7. The molecule has 4 aromatic carbocycles. The van der Waals surface area contributed by atoms with E-state index < -0.39 is 35.0 Å². The van der Waals surface area contributed by atoms with Crippen molar-refractivity contribution in [2.24, 2.45) is 23.7 Å². The Bertz CT molecular complexity index is 2090. The van der Waals surface area contributed by atoms with Gasteiger partial charge in [-0.15, -0.1) is 0 Å². The van der Waals surface area contributed by atoms with Crippen LogP contribution < -0.4 is 9.64 Å². The zero-order valence-corrected chi connectivity index (χ0v) is 27.3. The molecule has 6 unspecified atom stereocenters. The minimum absolute atomic E-state index is 0.0863. The van der Waals surface area contributed by atoms with Gasteiger partial charge in [-0.1, -0.05) is 90.0 Å². The summed E-state index contributed by atoms with van der Waals surface area (Å²) < 4.78 is 5.40. The minimum atomic E-state index is -1.43. The number of amides is 2. The second-order valence-electron chi connectivity index (χ2n) is 13.2. The van der Waals surface area contributed by atoms with Crippen molar-refractivity contribution in [3.63, 3.8) is 0 Å². The van der Waals surface area contributed by atoms with Gasteiger partial charge in [-0.3, -0.25) is 24.1 Å². The number of phenolic OH excluding ortho intramolecular Hbond substituents is 1. The number of aromatic hydroxyl groups is 1. The highest BCUT2D eigenvalue weighted by Gasteiger charge is 2.66. The third-order valence-electron chi connectivity index (χ3n) is 11.0. The zero-order valence-electron chi connectivity index (χ0n) is 26.6. The van der Waals surface area contributed by atoms with Gasteiger partial charge in [0.05, 0.1) is 30.0 Å². The maximum Gasteiger partial charge on any atom is 0.238 e. The third kappa shape index (κ3) is 4.56. The van der Waals surface area contributed by atoms with E-state index in [1.165, 1.54) is 24.2 Å². The number of ketones is 2. The highest BCUT2D eigenvalue weighted by atomic mass is 35.5. The van der Waals surface area contributed by atoms with Gasteiger partial charge in [-0.25, -0.2) is 0 Å². The normalized spacial score (nSPS) is 27.6. The number of allylic oxidation sites excluding steroid dienone is 4. The number of hydrogen-bond donors (Lipinski definition) is 1. The molecule has 0 radical (unpaired) electrons. The average Bonchev–Trinajstić information content (AvgIpc) is 3.39. The van der Waals surface area contributed by atoms with Gasteiger partial charge in [-0.2, -0.15) is 0 Å². The number of carbonyl (C=O) groups is 4. The van der Waals surface area contributed by atoms with E-state index in [-0.39, 0.29) is 42.0 Å². The first-order valence-corrected chi connectivity index (χ1v) is 16.7. The summed E-state index contributed by atoms with van der Waals surface area (Å²) in [6.45, 7) is 0. The van der Waals surface area contributed by atoms with Gasteiger partial charge in [-0.05, 0) is 66.3 Å². The number of methoxy groups -OCH3 is 1. The lowest BCUT2D eigenvalue weighted by molar-refractivity contribution is -0.135. The highest BCUT2D eigenvalue weighted by molar-refractivity contribution is 6.32. The van der Waals surface area contributed by atoms with Crippen LogP contribution in [-0.2, 0) is 24.6 Å². The molecule has 1 N–H and O–H groups in total. The van der Waals surface area contributed by atoms with Crippen molar-refractivity contribution in [1.82, 2.24) is 0 Å². The van der Waals surface area contributed by atoms with E-state index >= 15 is 4.79 Å². The number of Topliss-reactive ketones (excluding diaryl/α,β-unsaturated/α-hetero) is 1. The molecule has 3 aliphatic carbocycles. The lowest BCUT2D eigenvalue weighted by atomic mass is 9.44. The Labute approximate surface area is 288 Å². The largest absolute Gasteiger partial charge is 0.508 e. The Kier molecular flexibility index (Phi) is 7.41. The van der Waals surface area contributed by atoms with Crippen LogP contribution in [-0.4, -0.2) is 35.6 Å². The summed E-state index contributed by atoms with van der Waals surface area (Å²) in [5.41, 5.74) is 1.84. The Balaban J connectivity index is 1.36. The van der Waals surface area contributed by atoms with Crippen molar-refractivity contribution >= 4 is 46.2 Å². The number of phenols is 1. The molecular weight excluding hydrogens is 638 g/mol. The van der Waals surface area contributed by atoms with Crippen LogP contribution in [0.25, 0.3) is 5.57 Å². The fourth-order valence-electron chi connectivity index (χ4n) is 8.96. The molecule has 1 aliphatic heterocycles. The van der Waals surface area contributed by atoms with Gasteiger partial charge >= 0.3 is 0 Å². The van der Waals surface area contributed by atoms with E-state index in [1.54, 1.807) is 36.4 Å². The number of anilines is 1. The summed E-state index contributed by atoms with van der Waals surface area (Å²) in [6, 6.07) is 30.0. The molecule has 7 nitrogen and oxygen atoms in total. The molecule has 1 heterocycles. The minimum Gasteiger partial charge on any atom is -0.508 e. The number of ether oxygens (including phenoxy) is 1. The molecule has 8 rings (SSSR count). The van der Waals surface area contributed by atoms with Crippen LogP contribution in [0, 0.1) is 23.7 Å². The van der Waals surface area contributed by atoms with Crippen LogP contribution in [0.5, 0.6) is 11.5 Å². The average molecular weight is 670 g/mol. The Hall–Kier alpha value is -5.27. The van der Waals surface area contributed by atoms with Gasteiger partial charge in [0.2, 0.25) is 11.8 Å². The van der Waals surface area contributed by atoms with Crippen LogP contribution in [0.4, 0.5) is 5.69 Å². The predicted molar refractivity (Wildman–Crippen MR) is 185 cm³/mol. The predicted octanol–water partition coefficient (Wildman–Crippen LogP) is 7.08. The molecule has 4 aromatic rings. The van der Waals surface area contributed by atoms with E-state index in [9.17, 15) is 19.5 Å². The summed E-state index contributed by atoms with van der Waals surface area (Å²) in [4.78, 5) is 59.7. The van der Waals surface area contributed by atoms with Crippen LogP contribution in [0.2, 0.25) is 5.02 Å². The van der Waals surface area contributed by atoms with Gasteiger partial charge < -0.3 is 9.84 Å². The van der Waals surface area contributed by atoms with E-state index in [0.717, 1.165) is 5.57 Å². The second-order valence-corrected chi connectivity index (χ2v) is 13.6. The van der Waals surface area contributed by atoms with Crippen molar-refractivity contribution in [3.8, 4) is 11.5 Å². The maximum atomic E-state index is 15.1. The fraction of sp³-hybridized carbons (Fsp3) is 0.220. The van der Waals surface area contributed by atoms with Crippen molar-refractivity contribution in [2.75, 3.05) is 12.0 Å². The topological polar surface area (TPSA) is 101 Å². The summed E-state index contributed by atoms with van der Waals surface area (Å²) in [6.07, 6.45) is 3.90. The zero-order chi connectivity index (χ0) is 34.0. The van der Waals surface area contributed by atoms with Crippen molar-refractivity contribution in [2.45, 2.75) is 24.2 Å². The number of carbonyl (C=O) groups excluding carboxylic acids is 4. The number of hydrogen-bond acceptors (Lipinski definition) is 6. The number of imide groups is 1. The molecule has 49 heavy (non-hydrogen) atoms. The van der Waals surface area contributed by atoms with Gasteiger partial charge in [0.25, 0.3) is 0 Å². The molecule has 0 bridgehead atoms. The lowest BCUT2D eigenvalue weighted by Crippen LogP contribution is -2.58. The van der Waals surface area contributed by atoms with E-state index in [4.69, 9.17) is 16.3 Å². The fourth-order valence-corrected chi connectivity index (χ4v) is 9.08. The molecule has 8 heteroatoms. The third-order valence-corrected chi connectivity index (χ3v) is 11.3. The van der Waals surface area contributed by atoms with Crippen LogP contribution in [0.1, 0.15) is 35.4 Å². The highest BCUT2D eigenvalue weighted by Crippen LogP contribution is 2.64. The van der Waals surface area contributed by atoms with E-state index in [0.29, 0.717) is 38.7 Å². The molecule has 0 spiro atoms. The van der Waals surface area contributed by atoms with Gasteiger partial charge in [0.15, 0.2) is 11.6 Å². The van der Waals surface area contributed by atoms with Gasteiger partial charge in [0, 0.05) is 34.1 Å².